The molecule has 0 bridgehead atoms. The number of hydrogen-bond donors (Lipinski definition) is 8. The van der Waals surface area contributed by atoms with E-state index in [-0.39, 0.29) is 31.9 Å². The Kier molecular flexibility index (Phi) is 138. The van der Waals surface area contributed by atoms with Crippen molar-refractivity contribution in [3.63, 3.8) is 0 Å². The maximum absolute atomic E-state index is 8.74. The van der Waals surface area contributed by atoms with Gasteiger partial charge in [0.15, 0.2) is 0 Å². The molecule has 0 aromatic rings. The van der Waals surface area contributed by atoms with Crippen molar-refractivity contribution in [1.29, 1.82) is 0 Å². The van der Waals surface area contributed by atoms with E-state index in [0.29, 0.717) is 0 Å². The Morgan fingerprint density at radius 2 is 0.528 bits per heavy atom. The van der Waals surface area contributed by atoms with Gasteiger partial charge in [-0.15, -0.1) is 0 Å². The smallest absolute Gasteiger partial charge is 0.394 e. The molecule has 0 aliphatic carbocycles. The third-order valence-electron chi connectivity index (χ3n) is 0.816. The fourth-order valence-corrected chi connectivity index (χ4v) is 0.408. The van der Waals surface area contributed by atoms with E-state index in [4.69, 9.17) is 64.9 Å². The minimum Gasteiger partial charge on any atom is -0.412 e. The van der Waals surface area contributed by atoms with Gasteiger partial charge in [0, 0.05) is 67.1 Å². The molecular weight excluding hydrogens is 536 g/mol. The van der Waals surface area contributed by atoms with Crippen LogP contribution in [0.15, 0.2) is 0 Å². The van der Waals surface area contributed by atoms with Crippen LogP contribution in [0.4, 0.5) is 0 Å². The predicted molar refractivity (Wildman–Crippen MR) is 140 cm³/mol. The zero-order valence-electron chi connectivity index (χ0n) is 23.4. The average molecular weight is 593 g/mol. The third kappa shape index (κ3) is 3000. The summed E-state index contributed by atoms with van der Waals surface area (Å²) in [5, 5.41) is 30.3. The first kappa shape index (κ1) is 64.9. The van der Waals surface area contributed by atoms with Crippen molar-refractivity contribution in [2.45, 2.75) is 55.4 Å². The summed E-state index contributed by atoms with van der Waals surface area (Å²) >= 11 is 0. The summed E-state index contributed by atoms with van der Waals surface area (Å²) in [4.78, 5) is 0. The first-order valence-corrected chi connectivity index (χ1v) is 13.1. The normalized spacial score (nSPS) is 8.06. The molecule has 18 heteroatoms. The van der Waals surface area contributed by atoms with Crippen molar-refractivity contribution >= 4 is 20.8 Å². The van der Waals surface area contributed by atoms with Gasteiger partial charge in [-0.25, -0.2) is 0 Å². The second-order valence-corrected chi connectivity index (χ2v) is 5.92. The van der Waals surface area contributed by atoms with Crippen LogP contribution in [0, 0.1) is 0 Å². The van der Waals surface area contributed by atoms with E-state index in [1.807, 2.05) is 27.7 Å². The SMILES string of the molecule is CCO.CCO.CCO.CCO.CCOCC.CCOCC.COC.O.O=S(=O)(O)O.O=S(=O)(O)O. The van der Waals surface area contributed by atoms with Crippen LogP contribution < -0.4 is 0 Å². The minimum atomic E-state index is -4.67. The number of aliphatic hydroxyl groups excluding tert-OH is 4. The summed E-state index contributed by atoms with van der Waals surface area (Å²) in [7, 11) is -6.08. The molecule has 0 heterocycles. The molecule has 0 amide bonds. The van der Waals surface area contributed by atoms with Gasteiger partial charge in [-0.05, 0) is 55.4 Å². The van der Waals surface area contributed by atoms with Crippen LogP contribution >= 0.6 is 0 Å². The quantitative estimate of drug-likeness (QED) is 0.202. The lowest BCUT2D eigenvalue weighted by molar-refractivity contribution is 0.162. The summed E-state index contributed by atoms with van der Waals surface area (Å²) in [6.07, 6.45) is 0. The highest BCUT2D eigenvalue weighted by Gasteiger charge is 1.85. The second kappa shape index (κ2) is 76.5. The summed E-state index contributed by atoms with van der Waals surface area (Å²) in [6.45, 7) is 19.1. The van der Waals surface area contributed by atoms with Crippen LogP contribution in [0.5, 0.6) is 0 Å². The van der Waals surface area contributed by atoms with Crippen molar-refractivity contribution in [2.24, 2.45) is 0 Å². The Balaban J connectivity index is -0.0000000266. The highest BCUT2D eigenvalue weighted by molar-refractivity contribution is 7.80. The molecule has 0 unspecified atom stereocenters. The monoisotopic (exact) mass is 592 g/mol. The lowest BCUT2D eigenvalue weighted by Crippen LogP contribution is -1.89. The maximum atomic E-state index is 8.74. The van der Waals surface area contributed by atoms with E-state index in [2.05, 4.69) is 4.74 Å². The number of hydrogen-bond acceptors (Lipinski definition) is 11. The Bertz CT molecular complexity index is 365. The molecule has 0 spiro atoms. The molecule has 236 valence electrons. The van der Waals surface area contributed by atoms with Crippen LogP contribution in [0.1, 0.15) is 55.4 Å². The van der Waals surface area contributed by atoms with E-state index in [1.165, 1.54) is 0 Å². The van der Waals surface area contributed by atoms with Gasteiger partial charge >= 0.3 is 20.8 Å². The highest BCUT2D eigenvalue weighted by Crippen LogP contribution is 1.65. The molecule has 0 aliphatic rings. The molecule has 0 aromatic heterocycles. The molecule has 0 rings (SSSR count). The van der Waals surface area contributed by atoms with Gasteiger partial charge in [0.05, 0.1) is 0 Å². The maximum Gasteiger partial charge on any atom is 0.394 e. The zero-order chi connectivity index (χ0) is 30.8. The van der Waals surface area contributed by atoms with Crippen molar-refractivity contribution in [3.8, 4) is 0 Å². The van der Waals surface area contributed by atoms with Gasteiger partial charge < -0.3 is 40.1 Å². The summed E-state index contributed by atoms with van der Waals surface area (Å²) < 4.78 is 77.1. The number of methoxy groups -OCH3 is 1. The van der Waals surface area contributed by atoms with Gasteiger partial charge in [-0.1, -0.05) is 0 Å². The van der Waals surface area contributed by atoms with Crippen LogP contribution in [0.3, 0.4) is 0 Å². The number of aliphatic hydroxyl groups is 4. The van der Waals surface area contributed by atoms with Crippen molar-refractivity contribution in [1.82, 2.24) is 0 Å². The standard InChI is InChI=1S/2C4H10O.5C2H6O.2H2O4S.H2O/c2*1-3-5-4-2;1-3-2;4*1-2-3;2*1-5(2,3)4;/h2*3-4H2,1-2H3;1-2H3;4*3H,2H2,1H3;2*(H2,1,2,3,4);1H2. The molecule has 0 saturated carbocycles. The molecular formula is C18H56O16S2. The van der Waals surface area contributed by atoms with Crippen molar-refractivity contribution < 1.29 is 75.2 Å². The molecule has 0 atom stereocenters. The van der Waals surface area contributed by atoms with E-state index < -0.39 is 20.8 Å². The fraction of sp³-hybridized carbons (Fsp3) is 1.00. The van der Waals surface area contributed by atoms with Crippen LogP contribution in [0.25, 0.3) is 0 Å². The molecule has 16 nitrogen and oxygen atoms in total. The van der Waals surface area contributed by atoms with Crippen molar-refractivity contribution in [2.75, 3.05) is 67.1 Å². The lowest BCUT2D eigenvalue weighted by atomic mass is 10.8. The summed E-state index contributed by atoms with van der Waals surface area (Å²) in [6, 6.07) is 0. The third-order valence-corrected chi connectivity index (χ3v) is 0.816. The van der Waals surface area contributed by atoms with Crippen molar-refractivity contribution in [3.05, 3.63) is 0 Å². The van der Waals surface area contributed by atoms with E-state index >= 15 is 0 Å². The average Bonchev–Trinajstić information content (AvgIpc) is 2.64. The lowest BCUT2D eigenvalue weighted by Gasteiger charge is -1.86. The van der Waals surface area contributed by atoms with Crippen LogP contribution in [-0.4, -0.2) is 128 Å². The minimum absolute atomic E-state index is 0. The van der Waals surface area contributed by atoms with Gasteiger partial charge in [-0.2, -0.15) is 16.8 Å². The molecule has 36 heavy (non-hydrogen) atoms. The van der Waals surface area contributed by atoms with Crippen LogP contribution in [0.2, 0.25) is 0 Å². The number of ether oxygens (including phenoxy) is 3. The van der Waals surface area contributed by atoms with Gasteiger partial charge in [0.2, 0.25) is 0 Å². The van der Waals surface area contributed by atoms with Crippen LogP contribution in [-0.2, 0) is 35.0 Å². The molecule has 10 N–H and O–H groups in total. The Morgan fingerprint density at radius 3 is 0.528 bits per heavy atom. The predicted octanol–water partition coefficient (Wildman–Crippen LogP) is 0.212. The van der Waals surface area contributed by atoms with E-state index in [0.717, 1.165) is 26.4 Å². The second-order valence-electron chi connectivity index (χ2n) is 4.13. The Morgan fingerprint density at radius 1 is 0.472 bits per heavy atom. The molecule has 0 saturated heterocycles. The largest absolute Gasteiger partial charge is 0.412 e. The summed E-state index contributed by atoms with van der Waals surface area (Å²) in [5.41, 5.74) is 0. The highest BCUT2D eigenvalue weighted by atomic mass is 32.3. The fourth-order valence-electron chi connectivity index (χ4n) is 0.408. The number of rotatable bonds is 4. The Hall–Kier alpha value is -0.580. The first-order valence-electron chi connectivity index (χ1n) is 10.3. The first-order chi connectivity index (χ1) is 15.9. The van der Waals surface area contributed by atoms with Gasteiger partial charge in [-0.3, -0.25) is 18.2 Å². The van der Waals surface area contributed by atoms with E-state index in [9.17, 15) is 0 Å². The van der Waals surface area contributed by atoms with E-state index in [1.54, 1.807) is 41.9 Å². The topological polar surface area (TPSA) is 289 Å². The molecule has 0 fully saturated rings. The van der Waals surface area contributed by atoms with Gasteiger partial charge in [0.25, 0.3) is 0 Å². The molecule has 0 radical (unpaired) electrons. The Labute approximate surface area is 218 Å². The molecule has 0 aromatic carbocycles. The van der Waals surface area contributed by atoms with Gasteiger partial charge in [0.1, 0.15) is 0 Å². The summed E-state index contributed by atoms with van der Waals surface area (Å²) in [5.74, 6) is 0. The molecule has 0 aliphatic heterocycles. The zero-order valence-corrected chi connectivity index (χ0v) is 25.0.